The van der Waals surface area contributed by atoms with Crippen molar-refractivity contribution in [3.8, 4) is 0 Å². The molecule has 1 atom stereocenters. The van der Waals surface area contributed by atoms with Gasteiger partial charge < -0.3 is 20.3 Å². The molecule has 5 nitrogen and oxygen atoms in total. The molecule has 2 fully saturated rings. The van der Waals surface area contributed by atoms with Gasteiger partial charge in [-0.2, -0.15) is 0 Å². The summed E-state index contributed by atoms with van der Waals surface area (Å²) in [4.78, 5) is 6.98. The molecule has 2 aliphatic rings. The average Bonchev–Trinajstić information content (AvgIpc) is 3.34. The SMILES string of the molecule is CN=C(NCCOCc1ccccc1)NC1CCN(CC2CCCC2)C1.I. The summed E-state index contributed by atoms with van der Waals surface area (Å²) in [6, 6.07) is 10.8. The molecule has 0 amide bonds. The summed E-state index contributed by atoms with van der Waals surface area (Å²) < 4.78 is 5.72. The van der Waals surface area contributed by atoms with E-state index in [1.165, 1.54) is 50.8 Å². The second-order valence-corrected chi connectivity index (χ2v) is 7.58. The fourth-order valence-electron chi connectivity index (χ4n) is 4.07. The lowest BCUT2D eigenvalue weighted by atomic mass is 10.1. The molecule has 1 aromatic carbocycles. The van der Waals surface area contributed by atoms with Crippen molar-refractivity contribution < 1.29 is 4.74 Å². The van der Waals surface area contributed by atoms with E-state index in [1.54, 1.807) is 0 Å². The number of benzene rings is 1. The van der Waals surface area contributed by atoms with Crippen LogP contribution in [0.25, 0.3) is 0 Å². The zero-order valence-corrected chi connectivity index (χ0v) is 18.9. The van der Waals surface area contributed by atoms with Gasteiger partial charge in [0.05, 0.1) is 13.2 Å². The van der Waals surface area contributed by atoms with Crippen molar-refractivity contribution in [2.45, 2.75) is 44.8 Å². The van der Waals surface area contributed by atoms with Crippen molar-refractivity contribution in [1.82, 2.24) is 15.5 Å². The third-order valence-electron chi connectivity index (χ3n) is 5.48. The first-order valence-corrected chi connectivity index (χ1v) is 10.1. The molecule has 0 spiro atoms. The Morgan fingerprint density at radius 2 is 1.96 bits per heavy atom. The Kier molecular flexibility index (Phi) is 10.4. The normalized spacial score (nSPS) is 21.2. The smallest absolute Gasteiger partial charge is 0.191 e. The number of rotatable bonds is 8. The van der Waals surface area contributed by atoms with Gasteiger partial charge in [-0.1, -0.05) is 43.2 Å². The van der Waals surface area contributed by atoms with E-state index in [0.29, 0.717) is 19.3 Å². The molecule has 0 radical (unpaired) electrons. The van der Waals surface area contributed by atoms with Crippen LogP contribution in [0.1, 0.15) is 37.7 Å². The van der Waals surface area contributed by atoms with Crippen LogP contribution in [0.15, 0.2) is 35.3 Å². The maximum Gasteiger partial charge on any atom is 0.191 e. The van der Waals surface area contributed by atoms with E-state index in [9.17, 15) is 0 Å². The summed E-state index contributed by atoms with van der Waals surface area (Å²) >= 11 is 0. The van der Waals surface area contributed by atoms with Crippen LogP contribution in [0, 0.1) is 5.92 Å². The predicted molar refractivity (Wildman–Crippen MR) is 123 cm³/mol. The Morgan fingerprint density at radius 1 is 1.19 bits per heavy atom. The average molecular weight is 486 g/mol. The third-order valence-corrected chi connectivity index (χ3v) is 5.48. The van der Waals surface area contributed by atoms with Crippen LogP contribution >= 0.6 is 24.0 Å². The lowest BCUT2D eigenvalue weighted by Crippen LogP contribution is -2.45. The number of nitrogens with zero attached hydrogens (tertiary/aromatic N) is 2. The summed E-state index contributed by atoms with van der Waals surface area (Å²) in [5.41, 5.74) is 1.21. The lowest BCUT2D eigenvalue weighted by molar-refractivity contribution is 0.125. The monoisotopic (exact) mass is 486 g/mol. The standard InChI is InChI=1S/C21H34N4O.HI/c1-22-21(23-12-14-26-17-19-9-3-2-4-10-19)24-20-11-13-25(16-20)15-18-7-5-6-8-18;/h2-4,9-10,18,20H,5-8,11-17H2,1H3,(H2,22,23,24);1H. The maximum absolute atomic E-state index is 5.72. The van der Waals surface area contributed by atoms with Crippen LogP contribution in [-0.2, 0) is 11.3 Å². The Balaban J connectivity index is 0.00000261. The van der Waals surface area contributed by atoms with Crippen molar-refractivity contribution >= 4 is 29.9 Å². The summed E-state index contributed by atoms with van der Waals surface area (Å²) in [6.45, 7) is 5.75. The van der Waals surface area contributed by atoms with Crippen molar-refractivity contribution in [2.24, 2.45) is 10.9 Å². The second kappa shape index (κ2) is 12.6. The van der Waals surface area contributed by atoms with Crippen LogP contribution in [0.2, 0.25) is 0 Å². The van der Waals surface area contributed by atoms with Crippen LogP contribution in [0.5, 0.6) is 0 Å². The van der Waals surface area contributed by atoms with Crippen molar-refractivity contribution in [3.63, 3.8) is 0 Å². The molecular weight excluding hydrogens is 451 g/mol. The topological polar surface area (TPSA) is 48.9 Å². The molecule has 0 bridgehead atoms. The van der Waals surface area contributed by atoms with Crippen LogP contribution < -0.4 is 10.6 Å². The van der Waals surface area contributed by atoms with Gasteiger partial charge in [0.1, 0.15) is 0 Å². The van der Waals surface area contributed by atoms with Crippen molar-refractivity contribution in [2.75, 3.05) is 39.8 Å². The number of hydrogen-bond acceptors (Lipinski definition) is 3. The van der Waals surface area contributed by atoms with E-state index in [2.05, 4.69) is 32.7 Å². The Labute approximate surface area is 181 Å². The Bertz CT molecular complexity index is 548. The zero-order chi connectivity index (χ0) is 18.0. The quantitative estimate of drug-likeness (QED) is 0.257. The highest BCUT2D eigenvalue weighted by molar-refractivity contribution is 14.0. The molecule has 1 aromatic rings. The largest absolute Gasteiger partial charge is 0.375 e. The maximum atomic E-state index is 5.72. The molecule has 1 saturated heterocycles. The second-order valence-electron chi connectivity index (χ2n) is 7.58. The summed E-state index contributed by atoms with van der Waals surface area (Å²) in [7, 11) is 1.84. The van der Waals surface area contributed by atoms with Gasteiger partial charge in [-0.25, -0.2) is 0 Å². The molecule has 152 valence electrons. The first-order valence-electron chi connectivity index (χ1n) is 10.1. The Morgan fingerprint density at radius 3 is 2.70 bits per heavy atom. The van der Waals surface area contributed by atoms with Crippen LogP contribution in [0.3, 0.4) is 0 Å². The fraction of sp³-hybridized carbons (Fsp3) is 0.667. The predicted octanol–water partition coefficient (Wildman–Crippen LogP) is 3.25. The first kappa shape index (κ1) is 22.4. The van der Waals surface area contributed by atoms with Gasteiger partial charge >= 0.3 is 0 Å². The molecule has 1 unspecified atom stereocenters. The molecule has 1 heterocycles. The molecule has 1 saturated carbocycles. The molecule has 3 rings (SSSR count). The summed E-state index contributed by atoms with van der Waals surface area (Å²) in [5, 5.41) is 6.94. The number of hydrogen-bond donors (Lipinski definition) is 2. The van der Waals surface area contributed by atoms with Crippen molar-refractivity contribution in [1.29, 1.82) is 0 Å². The number of ether oxygens (including phenoxy) is 1. The van der Waals surface area contributed by atoms with Gasteiger partial charge in [0, 0.05) is 39.3 Å². The summed E-state index contributed by atoms with van der Waals surface area (Å²) in [6.07, 6.45) is 6.94. The van der Waals surface area contributed by atoms with Gasteiger partial charge in [-0.05, 0) is 30.7 Å². The van der Waals surface area contributed by atoms with Crippen LogP contribution in [0.4, 0.5) is 0 Å². The third kappa shape index (κ3) is 7.95. The van der Waals surface area contributed by atoms with E-state index in [1.807, 2.05) is 25.2 Å². The lowest BCUT2D eigenvalue weighted by Gasteiger charge is -2.21. The van der Waals surface area contributed by atoms with E-state index < -0.39 is 0 Å². The van der Waals surface area contributed by atoms with Gasteiger partial charge in [0.25, 0.3) is 0 Å². The van der Waals surface area contributed by atoms with Gasteiger partial charge in [0.2, 0.25) is 0 Å². The number of guanidine groups is 1. The minimum atomic E-state index is 0. The summed E-state index contributed by atoms with van der Waals surface area (Å²) in [5.74, 6) is 1.83. The first-order chi connectivity index (χ1) is 12.8. The minimum absolute atomic E-state index is 0. The number of aliphatic imine (C=N–C) groups is 1. The van der Waals surface area contributed by atoms with Crippen molar-refractivity contribution in [3.05, 3.63) is 35.9 Å². The highest BCUT2D eigenvalue weighted by Crippen LogP contribution is 2.26. The number of likely N-dealkylation sites (tertiary alicyclic amines) is 1. The fourth-order valence-corrected chi connectivity index (χ4v) is 4.07. The molecule has 1 aliphatic carbocycles. The van der Waals surface area contributed by atoms with Gasteiger partial charge in [-0.3, -0.25) is 4.99 Å². The number of halogens is 1. The molecular formula is C21H35IN4O. The zero-order valence-electron chi connectivity index (χ0n) is 16.5. The highest BCUT2D eigenvalue weighted by Gasteiger charge is 2.26. The van der Waals surface area contributed by atoms with E-state index in [4.69, 9.17) is 4.74 Å². The van der Waals surface area contributed by atoms with E-state index >= 15 is 0 Å². The minimum Gasteiger partial charge on any atom is -0.375 e. The van der Waals surface area contributed by atoms with E-state index in [0.717, 1.165) is 25.0 Å². The molecule has 2 N–H and O–H groups in total. The number of nitrogens with one attached hydrogen (secondary N) is 2. The Hall–Kier alpha value is -0.860. The highest BCUT2D eigenvalue weighted by atomic mass is 127. The molecule has 0 aromatic heterocycles. The van der Waals surface area contributed by atoms with Gasteiger partial charge in [0.15, 0.2) is 5.96 Å². The molecule has 27 heavy (non-hydrogen) atoms. The van der Waals surface area contributed by atoms with Crippen LogP contribution in [-0.4, -0.2) is 56.7 Å². The van der Waals surface area contributed by atoms with Gasteiger partial charge in [-0.15, -0.1) is 24.0 Å². The molecule has 6 heteroatoms. The van der Waals surface area contributed by atoms with E-state index in [-0.39, 0.29) is 24.0 Å². The molecule has 1 aliphatic heterocycles.